The summed E-state index contributed by atoms with van der Waals surface area (Å²) < 4.78 is 5.08. The van der Waals surface area contributed by atoms with E-state index in [1.54, 1.807) is 0 Å². The Morgan fingerprint density at radius 2 is 2.00 bits per heavy atom. The largest absolute Gasteiger partial charge is 0.481 e. The highest BCUT2D eigenvalue weighted by Gasteiger charge is 2.22. The summed E-state index contributed by atoms with van der Waals surface area (Å²) in [5.74, 6) is -0.284. The summed E-state index contributed by atoms with van der Waals surface area (Å²) in [4.78, 5) is 21.8. The van der Waals surface area contributed by atoms with E-state index in [1.165, 1.54) is 25.7 Å². The number of aliphatic carboxylic acids is 1. The van der Waals surface area contributed by atoms with Gasteiger partial charge in [-0.25, -0.2) is 4.79 Å². The van der Waals surface area contributed by atoms with Crippen molar-refractivity contribution >= 4 is 12.0 Å². The molecule has 1 atom stereocenters. The lowest BCUT2D eigenvalue weighted by Gasteiger charge is -2.20. The molecule has 0 spiro atoms. The van der Waals surface area contributed by atoms with Crippen LogP contribution in [0.25, 0.3) is 0 Å². The van der Waals surface area contributed by atoms with Gasteiger partial charge in [0.15, 0.2) is 0 Å². The zero-order valence-electron chi connectivity index (χ0n) is 11.5. The van der Waals surface area contributed by atoms with Crippen molar-refractivity contribution in [1.29, 1.82) is 0 Å². The first-order valence-electron chi connectivity index (χ1n) is 6.93. The third kappa shape index (κ3) is 7.00. The van der Waals surface area contributed by atoms with Crippen LogP contribution in [0.5, 0.6) is 0 Å². The van der Waals surface area contributed by atoms with Gasteiger partial charge in [-0.1, -0.05) is 12.8 Å². The Balaban J connectivity index is 1.99. The minimum absolute atomic E-state index is 0.00902. The van der Waals surface area contributed by atoms with E-state index in [0.717, 1.165) is 0 Å². The minimum Gasteiger partial charge on any atom is -0.481 e. The SMILES string of the molecule is CC(NC(=O)NCCOCCC(=O)O)C1CCCC1. The second kappa shape index (κ2) is 8.74. The number of carboxylic acids is 1. The van der Waals surface area contributed by atoms with E-state index in [1.807, 2.05) is 6.92 Å². The molecule has 1 aliphatic carbocycles. The molecule has 1 aliphatic rings. The van der Waals surface area contributed by atoms with Crippen molar-refractivity contribution in [3.63, 3.8) is 0 Å². The van der Waals surface area contributed by atoms with Crippen LogP contribution in [-0.4, -0.2) is 42.9 Å². The highest BCUT2D eigenvalue weighted by Crippen LogP contribution is 2.27. The average Bonchev–Trinajstić information content (AvgIpc) is 2.87. The standard InChI is InChI=1S/C13H24N2O4/c1-10(11-4-2-3-5-11)15-13(18)14-7-9-19-8-6-12(16)17/h10-11H,2-9H2,1H3,(H,16,17)(H2,14,15,18). The Kier molecular flexibility index (Phi) is 7.25. The van der Waals surface area contributed by atoms with Gasteiger partial charge in [0.05, 0.1) is 19.6 Å². The lowest BCUT2D eigenvalue weighted by atomic mass is 10.0. The lowest BCUT2D eigenvalue weighted by Crippen LogP contribution is -2.44. The number of hydrogen-bond acceptors (Lipinski definition) is 3. The number of carbonyl (C=O) groups excluding carboxylic acids is 1. The second-order valence-electron chi connectivity index (χ2n) is 4.99. The first-order valence-corrected chi connectivity index (χ1v) is 6.93. The molecule has 19 heavy (non-hydrogen) atoms. The highest BCUT2D eigenvalue weighted by molar-refractivity contribution is 5.74. The molecule has 0 aromatic carbocycles. The van der Waals surface area contributed by atoms with Gasteiger partial charge in [-0.3, -0.25) is 4.79 Å². The van der Waals surface area contributed by atoms with Crippen LogP contribution in [-0.2, 0) is 9.53 Å². The van der Waals surface area contributed by atoms with Crippen molar-refractivity contribution in [2.24, 2.45) is 5.92 Å². The van der Waals surface area contributed by atoms with Crippen molar-refractivity contribution in [1.82, 2.24) is 10.6 Å². The molecule has 1 unspecified atom stereocenters. The monoisotopic (exact) mass is 272 g/mol. The Labute approximate surface area is 113 Å². The summed E-state index contributed by atoms with van der Waals surface area (Å²) in [5, 5.41) is 14.0. The first-order chi connectivity index (χ1) is 9.09. The van der Waals surface area contributed by atoms with Crippen LogP contribution in [0.1, 0.15) is 39.0 Å². The molecule has 3 N–H and O–H groups in total. The van der Waals surface area contributed by atoms with Crippen LogP contribution >= 0.6 is 0 Å². The summed E-state index contributed by atoms with van der Waals surface area (Å²) >= 11 is 0. The number of amides is 2. The lowest BCUT2D eigenvalue weighted by molar-refractivity contribution is -0.138. The summed E-state index contributed by atoms with van der Waals surface area (Å²) in [6.45, 7) is 2.94. The maximum atomic E-state index is 11.6. The minimum atomic E-state index is -0.879. The summed E-state index contributed by atoms with van der Waals surface area (Å²) in [6.07, 6.45) is 4.90. The van der Waals surface area contributed by atoms with Crippen LogP contribution in [0.2, 0.25) is 0 Å². The zero-order valence-corrected chi connectivity index (χ0v) is 11.5. The summed E-state index contributed by atoms with van der Waals surface area (Å²) in [7, 11) is 0. The maximum Gasteiger partial charge on any atom is 0.315 e. The van der Waals surface area contributed by atoms with Crippen molar-refractivity contribution in [2.75, 3.05) is 19.8 Å². The van der Waals surface area contributed by atoms with Gasteiger partial charge in [-0.2, -0.15) is 0 Å². The third-order valence-corrected chi connectivity index (χ3v) is 3.46. The van der Waals surface area contributed by atoms with E-state index >= 15 is 0 Å². The molecule has 0 heterocycles. The van der Waals surface area contributed by atoms with Crippen LogP contribution in [0, 0.1) is 5.92 Å². The molecule has 1 rings (SSSR count). The Morgan fingerprint density at radius 3 is 2.63 bits per heavy atom. The van der Waals surface area contributed by atoms with Crippen LogP contribution in [0.4, 0.5) is 4.79 Å². The predicted molar refractivity (Wildman–Crippen MR) is 71.0 cm³/mol. The molecular formula is C13H24N2O4. The summed E-state index contributed by atoms with van der Waals surface area (Å²) in [5.41, 5.74) is 0. The number of rotatable bonds is 8. The van der Waals surface area contributed by atoms with Crippen LogP contribution < -0.4 is 10.6 Å². The van der Waals surface area contributed by atoms with E-state index in [0.29, 0.717) is 19.1 Å². The Hall–Kier alpha value is -1.30. The number of carbonyl (C=O) groups is 2. The number of hydrogen-bond donors (Lipinski definition) is 3. The fourth-order valence-corrected chi connectivity index (χ4v) is 2.33. The van der Waals surface area contributed by atoms with Gasteiger partial charge in [0.2, 0.25) is 0 Å². The molecule has 6 nitrogen and oxygen atoms in total. The molecule has 2 amide bonds. The van der Waals surface area contributed by atoms with Gasteiger partial charge < -0.3 is 20.5 Å². The number of nitrogens with one attached hydrogen (secondary N) is 2. The number of urea groups is 1. The van der Waals surface area contributed by atoms with Gasteiger partial charge in [-0.05, 0) is 25.7 Å². The Morgan fingerprint density at radius 1 is 1.32 bits per heavy atom. The van der Waals surface area contributed by atoms with Crippen molar-refractivity contribution in [3.8, 4) is 0 Å². The highest BCUT2D eigenvalue weighted by atomic mass is 16.5. The molecule has 110 valence electrons. The van der Waals surface area contributed by atoms with Gasteiger partial charge in [0, 0.05) is 12.6 Å². The van der Waals surface area contributed by atoms with E-state index in [4.69, 9.17) is 9.84 Å². The van der Waals surface area contributed by atoms with Gasteiger partial charge >= 0.3 is 12.0 Å². The van der Waals surface area contributed by atoms with E-state index in [2.05, 4.69) is 10.6 Å². The van der Waals surface area contributed by atoms with Gasteiger partial charge in [0.1, 0.15) is 0 Å². The smallest absolute Gasteiger partial charge is 0.315 e. The molecule has 0 bridgehead atoms. The molecular weight excluding hydrogens is 248 g/mol. The summed E-state index contributed by atoms with van der Waals surface area (Å²) in [6, 6.07) is 0.0247. The van der Waals surface area contributed by atoms with Gasteiger partial charge in [-0.15, -0.1) is 0 Å². The molecule has 6 heteroatoms. The molecule has 0 saturated heterocycles. The molecule has 0 radical (unpaired) electrons. The third-order valence-electron chi connectivity index (χ3n) is 3.46. The van der Waals surface area contributed by atoms with Crippen molar-refractivity contribution in [3.05, 3.63) is 0 Å². The fourth-order valence-electron chi connectivity index (χ4n) is 2.33. The molecule has 0 aromatic rings. The molecule has 0 aromatic heterocycles. The normalized spacial score (nSPS) is 17.1. The van der Waals surface area contributed by atoms with Gasteiger partial charge in [0.25, 0.3) is 0 Å². The number of carboxylic acid groups (broad SMARTS) is 1. The number of ether oxygens (including phenoxy) is 1. The van der Waals surface area contributed by atoms with Crippen LogP contribution in [0.3, 0.4) is 0 Å². The molecule has 1 saturated carbocycles. The van der Waals surface area contributed by atoms with E-state index in [9.17, 15) is 9.59 Å². The Bertz CT molecular complexity index is 290. The zero-order chi connectivity index (χ0) is 14.1. The quantitative estimate of drug-likeness (QED) is 0.582. The predicted octanol–water partition coefficient (Wildman–Crippen LogP) is 1.36. The van der Waals surface area contributed by atoms with E-state index in [-0.39, 0.29) is 25.1 Å². The fraction of sp³-hybridized carbons (Fsp3) is 0.846. The van der Waals surface area contributed by atoms with Crippen molar-refractivity contribution < 1.29 is 19.4 Å². The molecule has 1 fully saturated rings. The van der Waals surface area contributed by atoms with E-state index < -0.39 is 5.97 Å². The van der Waals surface area contributed by atoms with Crippen molar-refractivity contribution in [2.45, 2.75) is 45.1 Å². The molecule has 0 aliphatic heterocycles. The first kappa shape index (κ1) is 15.8. The average molecular weight is 272 g/mol. The topological polar surface area (TPSA) is 87.7 Å². The maximum absolute atomic E-state index is 11.6. The van der Waals surface area contributed by atoms with Crippen LogP contribution in [0.15, 0.2) is 0 Å². The second-order valence-corrected chi connectivity index (χ2v) is 4.99.